The van der Waals surface area contributed by atoms with Gasteiger partial charge in [0, 0.05) is 16.7 Å². The Morgan fingerprint density at radius 1 is 1.11 bits per heavy atom. The zero-order valence-corrected chi connectivity index (χ0v) is 26.4. The molecule has 12 heteroatoms. The van der Waals surface area contributed by atoms with Gasteiger partial charge < -0.3 is 20.5 Å². The van der Waals surface area contributed by atoms with Crippen LogP contribution in [0.4, 0.5) is 25.4 Å². The molecule has 0 saturated carbocycles. The Balaban J connectivity index is 0.000000375. The first-order chi connectivity index (χ1) is 21.1. The van der Waals surface area contributed by atoms with Crippen molar-refractivity contribution in [2.24, 2.45) is 0 Å². The lowest BCUT2D eigenvalue weighted by molar-refractivity contribution is -0.155. The van der Waals surface area contributed by atoms with Gasteiger partial charge in [-0.1, -0.05) is 61.5 Å². The lowest BCUT2D eigenvalue weighted by atomic mass is 9.96. The van der Waals surface area contributed by atoms with Gasteiger partial charge in [-0.25, -0.2) is 18.7 Å². The Morgan fingerprint density at radius 3 is 2.45 bits per heavy atom. The van der Waals surface area contributed by atoms with E-state index in [-0.39, 0.29) is 28.4 Å². The number of nitrogens with zero attached hydrogens (tertiary/aromatic N) is 4. The smallest absolute Gasteiger partial charge is 0.187 e. The van der Waals surface area contributed by atoms with Crippen LogP contribution in [0.5, 0.6) is 0 Å². The average molecular weight is 635 g/mol. The number of aryl methyl sites for hydroxylation is 1. The Kier molecular flexibility index (Phi) is 10.9. The Labute approximate surface area is 263 Å². The first kappa shape index (κ1) is 32.8. The monoisotopic (exact) mass is 634 g/mol. The minimum Gasteiger partial charge on any atom is -0.383 e. The van der Waals surface area contributed by atoms with Gasteiger partial charge in [0.25, 0.3) is 0 Å². The molecule has 2 atom stereocenters. The summed E-state index contributed by atoms with van der Waals surface area (Å²) in [6, 6.07) is 15.6. The molecule has 2 unspecified atom stereocenters. The van der Waals surface area contributed by atoms with Gasteiger partial charge in [0.05, 0.1) is 29.7 Å². The van der Waals surface area contributed by atoms with E-state index in [9.17, 15) is 19.3 Å². The summed E-state index contributed by atoms with van der Waals surface area (Å²) in [5, 5.41) is 24.9. The van der Waals surface area contributed by atoms with E-state index in [1.54, 1.807) is 5.38 Å². The summed E-state index contributed by atoms with van der Waals surface area (Å²) in [6.07, 6.45) is 2.31. The van der Waals surface area contributed by atoms with Gasteiger partial charge in [-0.2, -0.15) is 10.5 Å². The summed E-state index contributed by atoms with van der Waals surface area (Å²) < 4.78 is 38.4. The number of thioether (sulfide) groups is 1. The molecule has 1 aliphatic heterocycles. The number of nitrogen functional groups attached to an aromatic ring is 1. The number of anilines is 3. The number of nitriles is 2. The van der Waals surface area contributed by atoms with Crippen molar-refractivity contribution in [2.45, 2.75) is 63.2 Å². The molecule has 0 radical (unpaired) electrons. The fraction of sp³-hybridized carbons (Fsp3) is 0.312. The number of hydrogen-bond acceptors (Lipinski definition) is 10. The van der Waals surface area contributed by atoms with Gasteiger partial charge in [-0.05, 0) is 44.4 Å². The third kappa shape index (κ3) is 7.71. The van der Waals surface area contributed by atoms with Crippen LogP contribution < -0.4 is 11.1 Å². The SMILES string of the molecule is CCC1COC(C)(CC)O1.Cc1ccc(-c2c(C#N)c(N)nc(SCc3csc(Nc4cccc(F)c4F)n3)c2C#N)cc1. The minimum absolute atomic E-state index is 0.00964. The molecule has 8 nitrogen and oxygen atoms in total. The number of rotatable bonds is 8. The van der Waals surface area contributed by atoms with Crippen LogP contribution in [0.1, 0.15) is 56.0 Å². The quantitative estimate of drug-likeness (QED) is 0.185. The summed E-state index contributed by atoms with van der Waals surface area (Å²) in [7, 11) is 0. The third-order valence-electron chi connectivity index (χ3n) is 6.95. The van der Waals surface area contributed by atoms with E-state index in [1.165, 1.54) is 35.2 Å². The maximum Gasteiger partial charge on any atom is 0.187 e. The molecule has 4 aromatic rings. The number of ether oxygens (including phenoxy) is 2. The molecular weight excluding hydrogens is 603 g/mol. The summed E-state index contributed by atoms with van der Waals surface area (Å²) >= 11 is 2.49. The van der Waals surface area contributed by atoms with Crippen LogP contribution in [-0.2, 0) is 15.2 Å². The van der Waals surface area contributed by atoms with Crippen LogP contribution in [0.3, 0.4) is 0 Å². The van der Waals surface area contributed by atoms with Crippen LogP contribution in [0.15, 0.2) is 52.9 Å². The second-order valence-corrected chi connectivity index (χ2v) is 11.9. The standard InChI is InChI=1S/C24H16F2N6S2.C8H16O2/c1-13-5-7-14(8-6-13)20-16(9-27)22(29)32-23(17(20)10-28)33-11-15-12-34-24(30-15)31-19-4-2-3-18(25)21(19)26;1-4-7-6-9-8(3,5-2)10-7/h2-8,12H,11H2,1H3,(H2,29,32)(H,30,31);7H,4-6H2,1-3H3. The number of nitrogens with two attached hydrogens (primary N) is 1. The molecule has 228 valence electrons. The van der Waals surface area contributed by atoms with Crippen molar-refractivity contribution in [3.05, 3.63) is 81.9 Å². The Hall–Kier alpha value is -4.07. The molecule has 1 aliphatic rings. The Bertz CT molecular complexity index is 1700. The highest BCUT2D eigenvalue weighted by Gasteiger charge is 2.34. The van der Waals surface area contributed by atoms with Crippen molar-refractivity contribution in [1.29, 1.82) is 10.5 Å². The molecule has 0 spiro atoms. The first-order valence-electron chi connectivity index (χ1n) is 13.9. The van der Waals surface area contributed by atoms with Crippen molar-refractivity contribution >= 4 is 39.7 Å². The van der Waals surface area contributed by atoms with Crippen molar-refractivity contribution in [1.82, 2.24) is 9.97 Å². The van der Waals surface area contributed by atoms with E-state index < -0.39 is 11.6 Å². The molecule has 2 aromatic carbocycles. The topological polar surface area (TPSA) is 130 Å². The predicted molar refractivity (Wildman–Crippen MR) is 169 cm³/mol. The fourth-order valence-electron chi connectivity index (χ4n) is 4.28. The predicted octanol–water partition coefficient (Wildman–Crippen LogP) is 8.09. The molecule has 5 rings (SSSR count). The summed E-state index contributed by atoms with van der Waals surface area (Å²) in [6.45, 7) is 8.92. The third-order valence-corrected chi connectivity index (χ3v) is 8.76. The van der Waals surface area contributed by atoms with Gasteiger partial charge in [-0.15, -0.1) is 11.3 Å². The van der Waals surface area contributed by atoms with Crippen molar-refractivity contribution in [2.75, 3.05) is 17.7 Å². The van der Waals surface area contributed by atoms with Crippen LogP contribution in [0, 0.1) is 41.2 Å². The molecule has 44 heavy (non-hydrogen) atoms. The highest BCUT2D eigenvalue weighted by atomic mass is 32.2. The molecule has 0 aliphatic carbocycles. The highest BCUT2D eigenvalue weighted by Crippen LogP contribution is 2.37. The number of pyridine rings is 1. The van der Waals surface area contributed by atoms with Gasteiger partial charge in [0.1, 0.15) is 28.5 Å². The van der Waals surface area contributed by atoms with Crippen LogP contribution in [0.25, 0.3) is 11.1 Å². The van der Waals surface area contributed by atoms with Gasteiger partial charge in [0.15, 0.2) is 22.6 Å². The molecule has 1 saturated heterocycles. The maximum absolute atomic E-state index is 13.9. The Morgan fingerprint density at radius 2 is 1.84 bits per heavy atom. The lowest BCUT2D eigenvalue weighted by Crippen LogP contribution is -2.25. The van der Waals surface area contributed by atoms with Crippen LogP contribution >= 0.6 is 23.1 Å². The number of benzene rings is 2. The molecule has 0 bridgehead atoms. The van der Waals surface area contributed by atoms with Crippen molar-refractivity contribution < 1.29 is 18.3 Å². The molecule has 1 fully saturated rings. The lowest BCUT2D eigenvalue weighted by Gasteiger charge is -2.20. The first-order valence-corrected chi connectivity index (χ1v) is 15.8. The second-order valence-electron chi connectivity index (χ2n) is 10.1. The fourth-order valence-corrected chi connectivity index (χ4v) is 5.99. The highest BCUT2D eigenvalue weighted by molar-refractivity contribution is 7.98. The van der Waals surface area contributed by atoms with Gasteiger partial charge in [-0.3, -0.25) is 0 Å². The van der Waals surface area contributed by atoms with Crippen molar-refractivity contribution in [3.8, 4) is 23.3 Å². The molecule has 0 amide bonds. The molecular formula is C32H32F2N6O2S2. The largest absolute Gasteiger partial charge is 0.383 e. The van der Waals surface area contributed by atoms with E-state index in [1.807, 2.05) is 38.1 Å². The molecule has 3 N–H and O–H groups in total. The van der Waals surface area contributed by atoms with Gasteiger partial charge in [0.2, 0.25) is 0 Å². The average Bonchev–Trinajstić information content (AvgIpc) is 3.65. The van der Waals surface area contributed by atoms with Gasteiger partial charge >= 0.3 is 0 Å². The number of halogens is 2. The zero-order valence-electron chi connectivity index (χ0n) is 24.8. The number of thiazole rings is 1. The normalized spacial score (nSPS) is 17.3. The number of nitrogens with one attached hydrogen (secondary N) is 1. The zero-order chi connectivity index (χ0) is 31.9. The summed E-state index contributed by atoms with van der Waals surface area (Å²) in [5.74, 6) is -1.82. The molecule has 3 heterocycles. The molecule has 2 aromatic heterocycles. The minimum atomic E-state index is -0.979. The number of hydrogen-bond donors (Lipinski definition) is 2. The summed E-state index contributed by atoms with van der Waals surface area (Å²) in [4.78, 5) is 8.69. The van der Waals surface area contributed by atoms with E-state index in [0.29, 0.717) is 38.8 Å². The summed E-state index contributed by atoms with van der Waals surface area (Å²) in [5.41, 5.74) is 9.31. The van der Waals surface area contributed by atoms with E-state index in [2.05, 4.69) is 41.3 Å². The van der Waals surface area contributed by atoms with Crippen LogP contribution in [-0.4, -0.2) is 28.5 Å². The van der Waals surface area contributed by atoms with Crippen LogP contribution in [0.2, 0.25) is 0 Å². The maximum atomic E-state index is 13.9. The van der Waals surface area contributed by atoms with E-state index in [4.69, 9.17) is 15.2 Å². The second kappa shape index (κ2) is 14.6. The van der Waals surface area contributed by atoms with E-state index >= 15 is 0 Å². The van der Waals surface area contributed by atoms with E-state index in [0.717, 1.165) is 31.1 Å². The number of aromatic nitrogens is 2. The van der Waals surface area contributed by atoms with Crippen molar-refractivity contribution in [3.63, 3.8) is 0 Å².